The zero-order chi connectivity index (χ0) is 17.7. The largest absolute Gasteiger partial charge is 0.278 e. The van der Waals surface area contributed by atoms with E-state index in [2.05, 4.69) is 16.0 Å². The van der Waals surface area contributed by atoms with Gasteiger partial charge in [-0.3, -0.25) is 14.8 Å². The van der Waals surface area contributed by atoms with E-state index in [0.717, 1.165) is 23.2 Å². The number of pyridine rings is 2. The Bertz CT molecular complexity index is 1160. The van der Waals surface area contributed by atoms with Crippen LogP contribution in [-0.2, 0) is 0 Å². The summed E-state index contributed by atoms with van der Waals surface area (Å²) < 4.78 is 1.58. The molecule has 0 amide bonds. The maximum Gasteiger partial charge on any atom is 0.278 e. The molecule has 2 atom stereocenters. The maximum absolute atomic E-state index is 12.9. The Labute approximate surface area is 158 Å². The first-order chi connectivity index (χ1) is 12.7. The summed E-state index contributed by atoms with van der Waals surface area (Å²) in [5, 5.41) is 2.13. The molecule has 1 saturated carbocycles. The van der Waals surface area contributed by atoms with Gasteiger partial charge in [-0.2, -0.15) is 0 Å². The Morgan fingerprint density at radius 2 is 1.92 bits per heavy atom. The van der Waals surface area contributed by atoms with Gasteiger partial charge in [-0.15, -0.1) is 11.3 Å². The molecule has 0 spiro atoms. The van der Waals surface area contributed by atoms with Crippen molar-refractivity contribution in [2.75, 3.05) is 0 Å². The van der Waals surface area contributed by atoms with Crippen LogP contribution in [0.3, 0.4) is 0 Å². The van der Waals surface area contributed by atoms with Gasteiger partial charge in [0.15, 0.2) is 4.96 Å². The molecule has 0 aliphatic heterocycles. The highest BCUT2D eigenvalue weighted by Gasteiger charge is 2.42. The average Bonchev–Trinajstić information content (AvgIpc) is 3.37. The highest BCUT2D eigenvalue weighted by Crippen LogP contribution is 2.55. The first-order valence-electron chi connectivity index (χ1n) is 8.24. The van der Waals surface area contributed by atoms with Crippen LogP contribution in [0.25, 0.3) is 16.2 Å². The van der Waals surface area contributed by atoms with E-state index in [1.807, 2.05) is 29.8 Å². The lowest BCUT2D eigenvalue weighted by Crippen LogP contribution is -2.17. The third kappa shape index (κ3) is 2.45. The molecule has 4 heterocycles. The van der Waals surface area contributed by atoms with E-state index in [-0.39, 0.29) is 16.5 Å². The van der Waals surface area contributed by atoms with Crippen molar-refractivity contribution >= 4 is 27.9 Å². The summed E-state index contributed by atoms with van der Waals surface area (Å²) in [6.45, 7) is 0. The minimum absolute atomic E-state index is 0.174. The number of hydrogen-bond donors (Lipinski definition) is 0. The second-order valence-electron chi connectivity index (χ2n) is 6.33. The molecule has 128 valence electrons. The summed E-state index contributed by atoms with van der Waals surface area (Å²) in [5.41, 5.74) is 3.28. The van der Waals surface area contributed by atoms with E-state index in [4.69, 9.17) is 16.6 Å². The van der Waals surface area contributed by atoms with Crippen LogP contribution in [0.4, 0.5) is 0 Å². The Hall–Kier alpha value is -2.57. The first-order valence-corrected chi connectivity index (χ1v) is 9.50. The molecule has 5 rings (SSSR count). The molecule has 1 aliphatic rings. The van der Waals surface area contributed by atoms with E-state index < -0.39 is 0 Å². The van der Waals surface area contributed by atoms with Gasteiger partial charge in [0.25, 0.3) is 5.56 Å². The van der Waals surface area contributed by atoms with Gasteiger partial charge in [0, 0.05) is 41.6 Å². The molecule has 0 bridgehead atoms. The number of rotatable bonds is 3. The lowest BCUT2D eigenvalue weighted by Gasteiger charge is -2.06. The molecular formula is C19H13ClN4OS. The lowest BCUT2D eigenvalue weighted by atomic mass is 10.1. The number of aromatic nitrogens is 4. The molecule has 1 fully saturated rings. The second-order valence-corrected chi connectivity index (χ2v) is 7.55. The Kier molecular flexibility index (Phi) is 3.62. The quantitative estimate of drug-likeness (QED) is 0.536. The van der Waals surface area contributed by atoms with Gasteiger partial charge in [0.05, 0.1) is 11.4 Å². The zero-order valence-corrected chi connectivity index (χ0v) is 15.1. The highest BCUT2D eigenvalue weighted by molar-refractivity contribution is 7.15. The third-order valence-corrected chi connectivity index (χ3v) is 5.93. The van der Waals surface area contributed by atoms with Crippen molar-refractivity contribution in [1.29, 1.82) is 0 Å². The van der Waals surface area contributed by atoms with Gasteiger partial charge in [-0.05, 0) is 36.1 Å². The van der Waals surface area contributed by atoms with Crippen molar-refractivity contribution in [2.24, 2.45) is 0 Å². The fourth-order valence-corrected chi connectivity index (χ4v) is 4.53. The molecule has 4 aromatic heterocycles. The molecule has 7 heteroatoms. The molecular weight excluding hydrogens is 368 g/mol. The van der Waals surface area contributed by atoms with Crippen LogP contribution < -0.4 is 5.56 Å². The molecule has 1 aliphatic carbocycles. The van der Waals surface area contributed by atoms with Crippen LogP contribution in [0, 0.1) is 0 Å². The molecule has 26 heavy (non-hydrogen) atoms. The van der Waals surface area contributed by atoms with E-state index in [1.165, 1.54) is 11.3 Å². The summed E-state index contributed by atoms with van der Waals surface area (Å²) in [6, 6.07) is 7.75. The second kappa shape index (κ2) is 6.00. The normalized spacial score (nSPS) is 19.0. The maximum atomic E-state index is 12.9. The van der Waals surface area contributed by atoms with Crippen LogP contribution in [0.15, 0.2) is 59.2 Å². The monoisotopic (exact) mass is 380 g/mol. The number of halogens is 1. The average molecular weight is 381 g/mol. The van der Waals surface area contributed by atoms with Gasteiger partial charge in [0.1, 0.15) is 5.02 Å². The van der Waals surface area contributed by atoms with Crippen molar-refractivity contribution in [1.82, 2.24) is 19.4 Å². The minimum atomic E-state index is -0.219. The Morgan fingerprint density at radius 1 is 1.12 bits per heavy atom. The Morgan fingerprint density at radius 3 is 2.65 bits per heavy atom. The molecule has 5 nitrogen and oxygen atoms in total. The fraction of sp³-hybridized carbons (Fsp3) is 0.158. The smallest absolute Gasteiger partial charge is 0.267 e. The molecule has 0 saturated heterocycles. The molecule has 0 radical (unpaired) electrons. The van der Waals surface area contributed by atoms with Crippen molar-refractivity contribution < 1.29 is 0 Å². The molecule has 0 aromatic carbocycles. The van der Waals surface area contributed by atoms with Crippen LogP contribution in [0.1, 0.15) is 29.5 Å². The van der Waals surface area contributed by atoms with Crippen LogP contribution >= 0.6 is 22.9 Å². The number of hydrogen-bond acceptors (Lipinski definition) is 5. The minimum Gasteiger partial charge on any atom is -0.267 e. The predicted octanol–water partition coefficient (Wildman–Crippen LogP) is 4.14. The lowest BCUT2D eigenvalue weighted by molar-refractivity contribution is 0.938. The van der Waals surface area contributed by atoms with Crippen LogP contribution in [0.5, 0.6) is 0 Å². The standard InChI is InChI=1S/C19H13ClN4OS/c20-16-17(14-7-13(14)11-3-1-5-21-8-11)23-19-24(18(16)25)15(10-26-19)12-4-2-6-22-9-12/h1-6,8-10,13-14H,7H2/t13-,14+/m0/s1. The van der Waals surface area contributed by atoms with Gasteiger partial charge in [-0.25, -0.2) is 9.38 Å². The van der Waals surface area contributed by atoms with E-state index in [1.54, 1.807) is 23.0 Å². The topological polar surface area (TPSA) is 60.2 Å². The van der Waals surface area contributed by atoms with E-state index >= 15 is 0 Å². The van der Waals surface area contributed by atoms with Crippen LogP contribution in [0.2, 0.25) is 5.02 Å². The molecule has 0 N–H and O–H groups in total. The van der Waals surface area contributed by atoms with E-state index in [0.29, 0.717) is 16.6 Å². The summed E-state index contributed by atoms with van der Waals surface area (Å²) in [5.74, 6) is 0.502. The van der Waals surface area contributed by atoms with Crippen molar-refractivity contribution in [2.45, 2.75) is 18.3 Å². The third-order valence-electron chi connectivity index (χ3n) is 4.75. The molecule has 4 aromatic rings. The van der Waals surface area contributed by atoms with Gasteiger partial charge in [0.2, 0.25) is 0 Å². The van der Waals surface area contributed by atoms with Crippen LogP contribution in [-0.4, -0.2) is 19.4 Å². The summed E-state index contributed by atoms with van der Waals surface area (Å²) in [4.78, 5) is 26.6. The highest BCUT2D eigenvalue weighted by atomic mass is 35.5. The first kappa shape index (κ1) is 15.7. The van der Waals surface area contributed by atoms with Crippen molar-refractivity contribution in [3.8, 4) is 11.3 Å². The van der Waals surface area contributed by atoms with Gasteiger partial charge < -0.3 is 0 Å². The van der Waals surface area contributed by atoms with Crippen molar-refractivity contribution in [3.05, 3.63) is 81.1 Å². The van der Waals surface area contributed by atoms with Gasteiger partial charge in [-0.1, -0.05) is 17.7 Å². The Balaban J connectivity index is 1.60. The van der Waals surface area contributed by atoms with Gasteiger partial charge >= 0.3 is 0 Å². The summed E-state index contributed by atoms with van der Waals surface area (Å²) >= 11 is 7.89. The van der Waals surface area contributed by atoms with Crippen molar-refractivity contribution in [3.63, 3.8) is 0 Å². The summed E-state index contributed by atoms with van der Waals surface area (Å²) in [7, 11) is 0. The zero-order valence-electron chi connectivity index (χ0n) is 13.5. The number of nitrogens with zero attached hydrogens (tertiary/aromatic N) is 4. The summed E-state index contributed by atoms with van der Waals surface area (Å²) in [6.07, 6.45) is 8.01. The SMILES string of the molecule is O=c1c(Cl)c([C@@H]2C[C@H]2c2cccnc2)nc2scc(-c3cccnc3)n12. The number of fused-ring (bicyclic) bond motifs is 1. The molecule has 0 unspecified atom stereocenters. The van der Waals surface area contributed by atoms with E-state index in [9.17, 15) is 4.79 Å². The predicted molar refractivity (Wildman–Crippen MR) is 102 cm³/mol. The number of thiazole rings is 1. The fourth-order valence-electron chi connectivity index (χ4n) is 3.37.